The van der Waals surface area contributed by atoms with Crippen molar-refractivity contribution in [1.82, 2.24) is 19.7 Å². The molecule has 2 fully saturated rings. The summed E-state index contributed by atoms with van der Waals surface area (Å²) in [6.45, 7) is 6.45. The van der Waals surface area contributed by atoms with Crippen molar-refractivity contribution in [2.75, 3.05) is 19.8 Å². The normalized spacial score (nSPS) is 17.4. The molecule has 29 heavy (non-hydrogen) atoms. The smallest absolute Gasteiger partial charge is 0.258 e. The highest BCUT2D eigenvalue weighted by atomic mass is 16.5. The van der Waals surface area contributed by atoms with Gasteiger partial charge in [0.2, 0.25) is 5.65 Å². The van der Waals surface area contributed by atoms with Gasteiger partial charge in [-0.1, -0.05) is 30.8 Å². The van der Waals surface area contributed by atoms with E-state index in [2.05, 4.69) is 46.1 Å². The van der Waals surface area contributed by atoms with Crippen LogP contribution in [0.15, 0.2) is 49.4 Å². The molecule has 5 rings (SSSR count). The van der Waals surface area contributed by atoms with Crippen molar-refractivity contribution in [2.45, 2.75) is 31.7 Å². The number of ether oxygens (including phenoxy) is 2. The second kappa shape index (κ2) is 7.87. The number of nitrogens with zero attached hydrogens (tertiary/aromatic N) is 3. The molecule has 1 aliphatic heterocycles. The lowest BCUT2D eigenvalue weighted by molar-refractivity contribution is 0.0492. The molecular weight excluding hydrogens is 364 g/mol. The van der Waals surface area contributed by atoms with Gasteiger partial charge >= 0.3 is 0 Å². The van der Waals surface area contributed by atoms with E-state index in [1.165, 1.54) is 12.8 Å². The van der Waals surface area contributed by atoms with Gasteiger partial charge in [-0.25, -0.2) is 9.97 Å². The molecule has 2 aliphatic rings. The third-order valence-corrected chi connectivity index (χ3v) is 5.68. The molecule has 2 aromatic heterocycles. The number of benzene rings is 1. The first-order valence-electron chi connectivity index (χ1n) is 10.4. The number of rotatable bonds is 7. The quantitative estimate of drug-likeness (QED) is 0.662. The minimum absolute atomic E-state index is 0.519. The molecule has 3 aromatic rings. The van der Waals surface area contributed by atoms with Gasteiger partial charge in [-0.2, -0.15) is 0 Å². The number of hydrogen-bond acceptors (Lipinski definition) is 5. The van der Waals surface area contributed by atoms with Gasteiger partial charge in [-0.05, 0) is 37.2 Å². The summed E-state index contributed by atoms with van der Waals surface area (Å²) in [4.78, 5) is 9.00. The summed E-state index contributed by atoms with van der Waals surface area (Å²) in [6, 6.07) is 9.04. The zero-order valence-electron chi connectivity index (χ0n) is 16.5. The Labute approximate surface area is 170 Å². The minimum atomic E-state index is 0.519. The van der Waals surface area contributed by atoms with Crippen LogP contribution < -0.4 is 10.1 Å². The van der Waals surface area contributed by atoms with E-state index in [4.69, 9.17) is 9.47 Å². The molecule has 0 spiro atoms. The molecule has 0 radical (unpaired) electrons. The lowest BCUT2D eigenvalue weighted by Crippen LogP contribution is -2.21. The highest BCUT2D eigenvalue weighted by molar-refractivity contribution is 5.69. The molecule has 1 saturated carbocycles. The predicted octanol–water partition coefficient (Wildman–Crippen LogP) is 3.92. The van der Waals surface area contributed by atoms with Gasteiger partial charge in [-0.15, -0.1) is 0 Å². The maximum atomic E-state index is 6.03. The fourth-order valence-corrected chi connectivity index (χ4v) is 3.72. The van der Waals surface area contributed by atoms with E-state index < -0.39 is 0 Å². The Bertz CT molecular complexity index is 1000. The number of fused-ring (bicyclic) bond motifs is 1. The molecule has 1 saturated heterocycles. The maximum absolute atomic E-state index is 6.03. The van der Waals surface area contributed by atoms with Crippen LogP contribution in [0.1, 0.15) is 31.2 Å². The zero-order valence-corrected chi connectivity index (χ0v) is 16.5. The lowest BCUT2D eigenvalue weighted by atomic mass is 10.0. The van der Waals surface area contributed by atoms with Crippen LogP contribution in [0.25, 0.3) is 22.6 Å². The number of imidazole rings is 1. The van der Waals surface area contributed by atoms with E-state index in [0.717, 1.165) is 54.2 Å². The molecular formula is C23H26N4O2. The highest BCUT2D eigenvalue weighted by Gasteiger charge is 2.21. The molecule has 1 aliphatic carbocycles. The van der Waals surface area contributed by atoms with E-state index >= 15 is 0 Å². The Hall–Kier alpha value is -2.86. The molecule has 150 valence electrons. The number of aromatic nitrogens is 3. The molecule has 0 atom stereocenters. The zero-order chi connectivity index (χ0) is 19.6. The largest absolute Gasteiger partial charge is 0.475 e. The van der Waals surface area contributed by atoms with E-state index in [0.29, 0.717) is 24.4 Å². The summed E-state index contributed by atoms with van der Waals surface area (Å²) in [6.07, 6.45) is 10.1. The first kappa shape index (κ1) is 18.2. The summed E-state index contributed by atoms with van der Waals surface area (Å²) in [7, 11) is 0. The Morgan fingerprint density at radius 3 is 2.69 bits per heavy atom. The summed E-state index contributed by atoms with van der Waals surface area (Å²) in [5.41, 5.74) is 4.98. The molecule has 0 amide bonds. The topological polar surface area (TPSA) is 60.7 Å². The van der Waals surface area contributed by atoms with Crippen LogP contribution >= 0.6 is 0 Å². The first-order chi connectivity index (χ1) is 14.3. The summed E-state index contributed by atoms with van der Waals surface area (Å²) in [5.74, 6) is 1.11. The standard InChI is InChI=1S/C23H26N4O2/c1-16(26-20-6-7-20)18-2-4-19(5-3-18)21-14-25-22-23(24-10-11-27(21)22)29-15-17-8-12-28-13-9-17/h2-5,10-11,14,17,20,26H,1,6-9,12-13,15H2. The van der Waals surface area contributed by atoms with Gasteiger partial charge in [0.15, 0.2) is 0 Å². The Morgan fingerprint density at radius 2 is 1.93 bits per heavy atom. The third kappa shape index (κ3) is 3.98. The third-order valence-electron chi connectivity index (χ3n) is 5.68. The van der Waals surface area contributed by atoms with Crippen molar-refractivity contribution in [3.05, 3.63) is 55.0 Å². The number of nitrogens with one attached hydrogen (secondary N) is 1. The monoisotopic (exact) mass is 390 g/mol. The van der Waals surface area contributed by atoms with Crippen molar-refractivity contribution in [1.29, 1.82) is 0 Å². The highest BCUT2D eigenvalue weighted by Crippen LogP contribution is 2.27. The number of hydrogen-bond donors (Lipinski definition) is 1. The minimum Gasteiger partial charge on any atom is -0.475 e. The van der Waals surface area contributed by atoms with Crippen LogP contribution in [0.4, 0.5) is 0 Å². The van der Waals surface area contributed by atoms with Crippen molar-refractivity contribution >= 4 is 11.3 Å². The van der Waals surface area contributed by atoms with E-state index in [-0.39, 0.29) is 0 Å². The van der Waals surface area contributed by atoms with Crippen molar-refractivity contribution in [2.24, 2.45) is 5.92 Å². The molecule has 1 N–H and O–H groups in total. The maximum Gasteiger partial charge on any atom is 0.258 e. The molecule has 0 bridgehead atoms. The Kier molecular flexibility index (Phi) is 4.94. The van der Waals surface area contributed by atoms with Crippen LogP contribution in [0, 0.1) is 5.92 Å². The average molecular weight is 390 g/mol. The summed E-state index contributed by atoms with van der Waals surface area (Å²) >= 11 is 0. The second-order valence-corrected chi connectivity index (χ2v) is 7.91. The SMILES string of the molecule is C=C(NC1CC1)c1ccc(-c2cnc3c(OCC4CCOCC4)nccn23)cc1. The van der Waals surface area contributed by atoms with Gasteiger partial charge in [-0.3, -0.25) is 4.40 Å². The average Bonchev–Trinajstić information content (AvgIpc) is 3.48. The van der Waals surface area contributed by atoms with Crippen molar-refractivity contribution < 1.29 is 9.47 Å². The Balaban J connectivity index is 1.34. The van der Waals surface area contributed by atoms with Gasteiger partial charge in [0.25, 0.3) is 5.88 Å². The van der Waals surface area contributed by atoms with Gasteiger partial charge in [0, 0.05) is 42.9 Å². The molecule has 1 aromatic carbocycles. The van der Waals surface area contributed by atoms with Crippen LogP contribution in [-0.4, -0.2) is 40.2 Å². The molecule has 6 heteroatoms. The van der Waals surface area contributed by atoms with Crippen LogP contribution in [0.2, 0.25) is 0 Å². The molecule has 3 heterocycles. The van der Waals surface area contributed by atoms with Gasteiger partial charge < -0.3 is 14.8 Å². The van der Waals surface area contributed by atoms with E-state index in [9.17, 15) is 0 Å². The van der Waals surface area contributed by atoms with Crippen molar-refractivity contribution in [3.63, 3.8) is 0 Å². The predicted molar refractivity (Wildman–Crippen MR) is 113 cm³/mol. The Morgan fingerprint density at radius 1 is 1.14 bits per heavy atom. The summed E-state index contributed by atoms with van der Waals surface area (Å²) < 4.78 is 13.5. The first-order valence-corrected chi connectivity index (χ1v) is 10.4. The van der Waals surface area contributed by atoms with E-state index in [1.54, 1.807) is 6.20 Å². The summed E-state index contributed by atoms with van der Waals surface area (Å²) in [5, 5.41) is 3.46. The molecule has 0 unspecified atom stereocenters. The van der Waals surface area contributed by atoms with E-state index in [1.807, 2.05) is 16.8 Å². The van der Waals surface area contributed by atoms with Crippen molar-refractivity contribution in [3.8, 4) is 17.1 Å². The molecule has 6 nitrogen and oxygen atoms in total. The van der Waals surface area contributed by atoms with Crippen LogP contribution in [0.3, 0.4) is 0 Å². The van der Waals surface area contributed by atoms with Crippen LogP contribution in [-0.2, 0) is 4.74 Å². The van der Waals surface area contributed by atoms with Crippen LogP contribution in [0.5, 0.6) is 5.88 Å². The fourth-order valence-electron chi connectivity index (χ4n) is 3.72. The fraction of sp³-hybridized carbons (Fsp3) is 0.391. The van der Waals surface area contributed by atoms with Gasteiger partial charge in [0.05, 0.1) is 18.5 Å². The second-order valence-electron chi connectivity index (χ2n) is 7.91. The lowest BCUT2D eigenvalue weighted by Gasteiger charge is -2.21. The van der Waals surface area contributed by atoms with Gasteiger partial charge in [0.1, 0.15) is 0 Å².